The molecule has 0 bridgehead atoms. The molecule has 6 N–H and O–H groups in total. The van der Waals surface area contributed by atoms with Crippen LogP contribution in [0.1, 0.15) is 58.9 Å². The number of H-pyrrole nitrogens is 1. The van der Waals surface area contributed by atoms with E-state index in [0.29, 0.717) is 19.3 Å². The first-order valence-corrected chi connectivity index (χ1v) is 13.6. The number of carboxylic acid groups (broad SMARTS) is 1. The van der Waals surface area contributed by atoms with Crippen molar-refractivity contribution in [3.8, 4) is 0 Å². The fourth-order valence-electron chi connectivity index (χ4n) is 4.79. The van der Waals surface area contributed by atoms with Gasteiger partial charge in [0.25, 0.3) is 0 Å². The van der Waals surface area contributed by atoms with E-state index in [1.807, 2.05) is 45.0 Å². The van der Waals surface area contributed by atoms with E-state index in [2.05, 4.69) is 26.3 Å². The van der Waals surface area contributed by atoms with Crippen molar-refractivity contribution in [3.63, 3.8) is 0 Å². The molecule has 2 heterocycles. The molecule has 1 aliphatic rings. The number of nitrogens with one attached hydrogen (secondary N) is 5. The number of amides is 3. The minimum atomic E-state index is -1.13. The number of rotatable bonds is 13. The van der Waals surface area contributed by atoms with Crippen LogP contribution in [0.4, 0.5) is 0 Å². The molecule has 1 aromatic carbocycles. The van der Waals surface area contributed by atoms with E-state index < -0.39 is 35.9 Å². The zero-order valence-corrected chi connectivity index (χ0v) is 22.7. The molecule has 1 aromatic heterocycles. The molecule has 10 nitrogen and oxygen atoms in total. The van der Waals surface area contributed by atoms with E-state index in [9.17, 15) is 24.3 Å². The largest absolute Gasteiger partial charge is 0.480 e. The summed E-state index contributed by atoms with van der Waals surface area (Å²) in [6.07, 6.45) is 4.75. The van der Waals surface area contributed by atoms with Gasteiger partial charge in [0.05, 0.1) is 6.04 Å². The summed E-state index contributed by atoms with van der Waals surface area (Å²) in [7, 11) is 0. The lowest BCUT2D eigenvalue weighted by Crippen LogP contribution is -2.59. The average molecular weight is 528 g/mol. The maximum Gasteiger partial charge on any atom is 0.326 e. The molecule has 208 valence electrons. The van der Waals surface area contributed by atoms with Crippen molar-refractivity contribution in [3.05, 3.63) is 36.0 Å². The molecule has 0 saturated carbocycles. The molecule has 1 aliphatic heterocycles. The molecule has 10 heteroatoms. The van der Waals surface area contributed by atoms with Crippen molar-refractivity contribution in [2.45, 2.75) is 84.0 Å². The van der Waals surface area contributed by atoms with Gasteiger partial charge in [-0.3, -0.25) is 14.4 Å². The summed E-state index contributed by atoms with van der Waals surface area (Å²) in [5.41, 5.74) is 1.71. The molecule has 1 saturated heterocycles. The van der Waals surface area contributed by atoms with Crippen LogP contribution in [0, 0.1) is 11.8 Å². The topological polar surface area (TPSA) is 152 Å². The maximum absolute atomic E-state index is 13.6. The number of carbonyl (C=O) groups excluding carboxylic acids is 3. The molecule has 6 atom stereocenters. The van der Waals surface area contributed by atoms with Crippen LogP contribution in [0.2, 0.25) is 0 Å². The Kier molecular flexibility index (Phi) is 10.3. The van der Waals surface area contributed by atoms with Gasteiger partial charge in [0.2, 0.25) is 17.7 Å². The molecule has 0 radical (unpaired) electrons. The summed E-state index contributed by atoms with van der Waals surface area (Å²) in [6.45, 7) is 8.19. The molecule has 2 aromatic rings. The lowest BCUT2D eigenvalue weighted by Gasteiger charge is -2.28. The first-order chi connectivity index (χ1) is 18.2. The normalized spacial score (nSPS) is 19.2. The van der Waals surface area contributed by atoms with Crippen molar-refractivity contribution in [1.82, 2.24) is 26.3 Å². The van der Waals surface area contributed by atoms with Gasteiger partial charge in [-0.15, -0.1) is 0 Å². The number of aromatic nitrogens is 1. The van der Waals surface area contributed by atoms with Gasteiger partial charge in [0.1, 0.15) is 18.1 Å². The van der Waals surface area contributed by atoms with Gasteiger partial charge in [-0.05, 0) is 42.9 Å². The van der Waals surface area contributed by atoms with Crippen LogP contribution in [0.5, 0.6) is 0 Å². The van der Waals surface area contributed by atoms with Gasteiger partial charge < -0.3 is 31.4 Å². The molecule has 3 rings (SSSR count). The van der Waals surface area contributed by atoms with Crippen LogP contribution in [0.15, 0.2) is 30.5 Å². The third-order valence-electron chi connectivity index (χ3n) is 7.68. The number of aliphatic carboxylic acids is 1. The van der Waals surface area contributed by atoms with E-state index in [1.165, 1.54) is 0 Å². The van der Waals surface area contributed by atoms with Crippen LogP contribution in [-0.2, 0) is 25.6 Å². The Morgan fingerprint density at radius 3 is 2.29 bits per heavy atom. The Morgan fingerprint density at radius 2 is 1.66 bits per heavy atom. The molecular formula is C28H41N5O5. The molecule has 38 heavy (non-hydrogen) atoms. The molecular weight excluding hydrogens is 486 g/mol. The minimum absolute atomic E-state index is 0.153. The lowest BCUT2D eigenvalue weighted by atomic mass is 9.96. The molecule has 0 spiro atoms. The number of benzene rings is 1. The van der Waals surface area contributed by atoms with E-state index in [-0.39, 0.29) is 30.2 Å². The zero-order chi connectivity index (χ0) is 27.8. The monoisotopic (exact) mass is 527 g/mol. The van der Waals surface area contributed by atoms with Crippen molar-refractivity contribution >= 4 is 34.6 Å². The van der Waals surface area contributed by atoms with Crippen LogP contribution in [-0.4, -0.2) is 64.5 Å². The SMILES string of the molecule is CCC(C)C(NC(=O)C(Cc1c[nH]c2ccccc12)NC(=O)C(NC(=O)C1CCCN1)C(C)CC)C(=O)O. The van der Waals surface area contributed by atoms with Crippen molar-refractivity contribution in [1.29, 1.82) is 0 Å². The fourth-order valence-corrected chi connectivity index (χ4v) is 4.79. The first-order valence-electron chi connectivity index (χ1n) is 13.6. The summed E-state index contributed by atoms with van der Waals surface area (Å²) in [5.74, 6) is -2.89. The zero-order valence-electron chi connectivity index (χ0n) is 22.7. The fraction of sp³-hybridized carbons (Fsp3) is 0.571. The second-order valence-electron chi connectivity index (χ2n) is 10.4. The third kappa shape index (κ3) is 7.12. The summed E-state index contributed by atoms with van der Waals surface area (Å²) < 4.78 is 0. The quantitative estimate of drug-likeness (QED) is 0.235. The van der Waals surface area contributed by atoms with Gasteiger partial charge >= 0.3 is 5.97 Å². The van der Waals surface area contributed by atoms with Crippen molar-refractivity contribution < 1.29 is 24.3 Å². The smallest absolute Gasteiger partial charge is 0.326 e. The Labute approximate surface area is 223 Å². The van der Waals surface area contributed by atoms with Crippen LogP contribution >= 0.6 is 0 Å². The summed E-state index contributed by atoms with van der Waals surface area (Å²) in [6, 6.07) is 4.33. The Balaban J connectivity index is 1.85. The number of carboxylic acids is 1. The van der Waals surface area contributed by atoms with Crippen LogP contribution in [0.3, 0.4) is 0 Å². The van der Waals surface area contributed by atoms with Gasteiger partial charge in [-0.25, -0.2) is 4.79 Å². The number of hydrogen-bond donors (Lipinski definition) is 6. The number of aromatic amines is 1. The van der Waals surface area contributed by atoms with Gasteiger partial charge in [0, 0.05) is 23.5 Å². The molecule has 3 amide bonds. The highest BCUT2D eigenvalue weighted by molar-refractivity contribution is 5.95. The Hall–Kier alpha value is -3.40. The van der Waals surface area contributed by atoms with Crippen LogP contribution < -0.4 is 21.3 Å². The number of para-hydroxylation sites is 1. The number of hydrogen-bond acceptors (Lipinski definition) is 5. The Bertz CT molecular complexity index is 1130. The Morgan fingerprint density at radius 1 is 0.974 bits per heavy atom. The van der Waals surface area contributed by atoms with E-state index in [0.717, 1.165) is 29.4 Å². The second-order valence-corrected chi connectivity index (χ2v) is 10.4. The molecule has 0 aliphatic carbocycles. The summed E-state index contributed by atoms with van der Waals surface area (Å²) >= 11 is 0. The third-order valence-corrected chi connectivity index (χ3v) is 7.68. The van der Waals surface area contributed by atoms with E-state index in [1.54, 1.807) is 13.1 Å². The highest BCUT2D eigenvalue weighted by Crippen LogP contribution is 2.20. The predicted octanol–water partition coefficient (Wildman–Crippen LogP) is 2.09. The van der Waals surface area contributed by atoms with E-state index in [4.69, 9.17) is 0 Å². The number of fused-ring (bicyclic) bond motifs is 1. The van der Waals surface area contributed by atoms with Gasteiger partial charge in [0.15, 0.2) is 0 Å². The average Bonchev–Trinajstić information content (AvgIpc) is 3.59. The van der Waals surface area contributed by atoms with Gasteiger partial charge in [-0.1, -0.05) is 58.7 Å². The standard InChI is InChI=1S/C28H41N5O5/c1-5-16(3)23(32-25(34)21-12-9-13-29-21)27(36)31-22(26(35)33-24(28(37)38)17(4)6-2)14-18-15-30-20-11-8-7-10-19(18)20/h7-8,10-11,15-17,21-24,29-30H,5-6,9,12-14H2,1-4H3,(H,31,36)(H,32,34)(H,33,35)(H,37,38). The highest BCUT2D eigenvalue weighted by atomic mass is 16.4. The van der Waals surface area contributed by atoms with Crippen molar-refractivity contribution in [2.75, 3.05) is 6.54 Å². The van der Waals surface area contributed by atoms with Crippen molar-refractivity contribution in [2.24, 2.45) is 11.8 Å². The lowest BCUT2D eigenvalue weighted by molar-refractivity contribution is -0.143. The minimum Gasteiger partial charge on any atom is -0.480 e. The summed E-state index contributed by atoms with van der Waals surface area (Å²) in [4.78, 5) is 54.9. The maximum atomic E-state index is 13.6. The number of carbonyl (C=O) groups is 4. The first kappa shape index (κ1) is 29.2. The molecule has 6 unspecified atom stereocenters. The van der Waals surface area contributed by atoms with Gasteiger partial charge in [-0.2, -0.15) is 0 Å². The summed E-state index contributed by atoms with van der Waals surface area (Å²) in [5, 5.41) is 22.1. The highest BCUT2D eigenvalue weighted by Gasteiger charge is 2.34. The predicted molar refractivity (Wildman–Crippen MR) is 145 cm³/mol. The van der Waals surface area contributed by atoms with E-state index >= 15 is 0 Å². The second kappa shape index (κ2) is 13.4. The van der Waals surface area contributed by atoms with Crippen LogP contribution in [0.25, 0.3) is 10.9 Å². The molecule has 1 fully saturated rings.